The number of sulfone groups is 1. The van der Waals surface area contributed by atoms with Crippen LogP contribution in [-0.4, -0.2) is 41.4 Å². The van der Waals surface area contributed by atoms with E-state index in [0.29, 0.717) is 30.0 Å². The first kappa shape index (κ1) is 21.2. The van der Waals surface area contributed by atoms with Crippen LogP contribution in [0.1, 0.15) is 19.7 Å². The zero-order valence-electron chi connectivity index (χ0n) is 15.5. The Morgan fingerprint density at radius 1 is 1.30 bits per heavy atom. The van der Waals surface area contributed by atoms with Crippen molar-refractivity contribution in [2.45, 2.75) is 36.2 Å². The number of thioether (sulfide) groups is 1. The third kappa shape index (κ3) is 6.21. The summed E-state index contributed by atoms with van der Waals surface area (Å²) in [6.07, 6.45) is 1.64. The SMILES string of the molecule is C=CCn1c(CS(=O)(=O)c2ccccc2)nnc1SCC(=O)NCC(C)C. The standard InChI is InChI=1S/C18H24N4O3S2/c1-4-10-22-16(13-27(24,25)15-8-6-5-7-9-15)20-21-18(22)26-12-17(23)19-11-14(2)3/h4-9,14H,1,10-13H2,2-3H3,(H,19,23). The van der Waals surface area contributed by atoms with Crippen LogP contribution in [-0.2, 0) is 26.9 Å². The van der Waals surface area contributed by atoms with Crippen molar-refractivity contribution in [2.24, 2.45) is 5.92 Å². The molecule has 0 saturated heterocycles. The van der Waals surface area contributed by atoms with Gasteiger partial charge in [0.05, 0.1) is 10.6 Å². The molecule has 1 N–H and O–H groups in total. The summed E-state index contributed by atoms with van der Waals surface area (Å²) >= 11 is 1.22. The zero-order chi connectivity index (χ0) is 19.9. The van der Waals surface area contributed by atoms with Gasteiger partial charge in [0.2, 0.25) is 5.91 Å². The van der Waals surface area contributed by atoms with Crippen LogP contribution in [0.25, 0.3) is 0 Å². The second-order valence-electron chi connectivity index (χ2n) is 6.36. The van der Waals surface area contributed by atoms with Gasteiger partial charge in [-0.2, -0.15) is 0 Å². The molecule has 0 atom stereocenters. The molecule has 9 heteroatoms. The van der Waals surface area contributed by atoms with Gasteiger partial charge in [0, 0.05) is 13.1 Å². The molecule has 0 fully saturated rings. The first-order valence-electron chi connectivity index (χ1n) is 8.53. The molecule has 0 radical (unpaired) electrons. The summed E-state index contributed by atoms with van der Waals surface area (Å²) in [7, 11) is -3.54. The number of hydrogen-bond acceptors (Lipinski definition) is 6. The van der Waals surface area contributed by atoms with Crippen LogP contribution in [0.4, 0.5) is 0 Å². The number of amides is 1. The molecule has 0 aliphatic rings. The summed E-state index contributed by atoms with van der Waals surface area (Å²) in [6.45, 7) is 8.72. The fraction of sp³-hybridized carbons (Fsp3) is 0.389. The molecule has 146 valence electrons. The first-order valence-corrected chi connectivity index (χ1v) is 11.2. The van der Waals surface area contributed by atoms with Crippen LogP contribution in [0.3, 0.4) is 0 Å². The lowest BCUT2D eigenvalue weighted by molar-refractivity contribution is -0.118. The number of allylic oxidation sites excluding steroid dienone is 1. The smallest absolute Gasteiger partial charge is 0.230 e. The minimum Gasteiger partial charge on any atom is -0.355 e. The molecule has 7 nitrogen and oxygen atoms in total. The molecule has 2 rings (SSSR count). The Hall–Kier alpha value is -2.13. The topological polar surface area (TPSA) is 93.9 Å². The molecule has 1 heterocycles. The lowest BCUT2D eigenvalue weighted by Gasteiger charge is -2.09. The largest absolute Gasteiger partial charge is 0.355 e. The van der Waals surface area contributed by atoms with E-state index in [1.54, 1.807) is 41.0 Å². The summed E-state index contributed by atoms with van der Waals surface area (Å²) < 4.78 is 26.9. The van der Waals surface area contributed by atoms with Crippen LogP contribution in [0.2, 0.25) is 0 Å². The number of nitrogens with one attached hydrogen (secondary N) is 1. The van der Waals surface area contributed by atoms with Crippen molar-refractivity contribution in [1.82, 2.24) is 20.1 Å². The van der Waals surface area contributed by atoms with Gasteiger partial charge in [-0.15, -0.1) is 16.8 Å². The van der Waals surface area contributed by atoms with Gasteiger partial charge in [-0.3, -0.25) is 4.79 Å². The highest BCUT2D eigenvalue weighted by Crippen LogP contribution is 2.21. The van der Waals surface area contributed by atoms with E-state index in [1.165, 1.54) is 11.8 Å². The monoisotopic (exact) mass is 408 g/mol. The predicted molar refractivity (Wildman–Crippen MR) is 106 cm³/mol. The second kappa shape index (κ2) is 9.70. The normalized spacial score (nSPS) is 11.5. The molecule has 1 aromatic heterocycles. The molecular formula is C18H24N4O3S2. The minimum absolute atomic E-state index is 0.0969. The summed E-state index contributed by atoms with van der Waals surface area (Å²) in [4.78, 5) is 12.1. The average Bonchev–Trinajstić information content (AvgIpc) is 3.00. The van der Waals surface area contributed by atoms with E-state index in [2.05, 4.69) is 22.1 Å². The van der Waals surface area contributed by atoms with E-state index in [-0.39, 0.29) is 22.3 Å². The third-order valence-corrected chi connectivity index (χ3v) is 6.16. The fourth-order valence-corrected chi connectivity index (χ4v) is 4.31. The number of carbonyl (C=O) groups is 1. The Bertz CT molecular complexity index is 877. The van der Waals surface area contributed by atoms with Gasteiger partial charge in [-0.05, 0) is 18.1 Å². The Balaban J connectivity index is 2.12. The maximum absolute atomic E-state index is 12.6. The number of benzene rings is 1. The zero-order valence-corrected chi connectivity index (χ0v) is 17.1. The average molecular weight is 409 g/mol. The molecule has 0 bridgehead atoms. The number of nitrogens with zero attached hydrogens (tertiary/aromatic N) is 3. The maximum Gasteiger partial charge on any atom is 0.230 e. The minimum atomic E-state index is -3.54. The van der Waals surface area contributed by atoms with E-state index in [4.69, 9.17) is 0 Å². The van der Waals surface area contributed by atoms with Crippen molar-refractivity contribution in [1.29, 1.82) is 0 Å². The van der Waals surface area contributed by atoms with Gasteiger partial charge in [0.1, 0.15) is 11.6 Å². The molecular weight excluding hydrogens is 384 g/mol. The lowest BCUT2D eigenvalue weighted by Crippen LogP contribution is -2.28. The highest BCUT2D eigenvalue weighted by atomic mass is 32.2. The molecule has 0 aliphatic heterocycles. The Labute approximate surface area is 164 Å². The van der Waals surface area contributed by atoms with Gasteiger partial charge < -0.3 is 9.88 Å². The van der Waals surface area contributed by atoms with Crippen LogP contribution < -0.4 is 5.32 Å². The highest BCUT2D eigenvalue weighted by molar-refractivity contribution is 7.99. The second-order valence-corrected chi connectivity index (χ2v) is 9.29. The van der Waals surface area contributed by atoms with E-state index in [9.17, 15) is 13.2 Å². The Morgan fingerprint density at radius 2 is 2.00 bits per heavy atom. The molecule has 0 aliphatic carbocycles. The molecule has 1 amide bonds. The number of hydrogen-bond donors (Lipinski definition) is 1. The number of rotatable bonds is 10. The van der Waals surface area contributed by atoms with Crippen molar-refractivity contribution in [2.75, 3.05) is 12.3 Å². The van der Waals surface area contributed by atoms with Gasteiger partial charge in [0.25, 0.3) is 0 Å². The van der Waals surface area contributed by atoms with Crippen LogP contribution in [0.5, 0.6) is 0 Å². The van der Waals surface area contributed by atoms with Gasteiger partial charge in [0.15, 0.2) is 15.0 Å². The third-order valence-electron chi connectivity index (χ3n) is 3.57. The van der Waals surface area contributed by atoms with Gasteiger partial charge >= 0.3 is 0 Å². The maximum atomic E-state index is 12.6. The Morgan fingerprint density at radius 3 is 2.63 bits per heavy atom. The van der Waals surface area contributed by atoms with E-state index >= 15 is 0 Å². The highest BCUT2D eigenvalue weighted by Gasteiger charge is 2.21. The number of carbonyl (C=O) groups excluding carboxylic acids is 1. The van der Waals surface area contributed by atoms with Crippen molar-refractivity contribution in [3.63, 3.8) is 0 Å². The molecule has 2 aromatic rings. The fourth-order valence-electron chi connectivity index (χ4n) is 2.23. The van der Waals surface area contributed by atoms with Crippen LogP contribution >= 0.6 is 11.8 Å². The number of aromatic nitrogens is 3. The predicted octanol–water partition coefficient (Wildman–Crippen LogP) is 2.30. The Kier molecular flexibility index (Phi) is 7.61. The quantitative estimate of drug-likeness (QED) is 0.479. The summed E-state index contributed by atoms with van der Waals surface area (Å²) in [5.41, 5.74) is 0. The summed E-state index contributed by atoms with van der Waals surface area (Å²) in [5, 5.41) is 11.4. The molecule has 0 saturated carbocycles. The van der Waals surface area contributed by atoms with Crippen molar-refractivity contribution in [3.05, 3.63) is 48.8 Å². The van der Waals surface area contributed by atoms with E-state index < -0.39 is 9.84 Å². The molecule has 0 unspecified atom stereocenters. The summed E-state index contributed by atoms with van der Waals surface area (Å²) in [5.74, 6) is 0.521. The molecule has 1 aromatic carbocycles. The van der Waals surface area contributed by atoms with Gasteiger partial charge in [-0.25, -0.2) is 8.42 Å². The van der Waals surface area contributed by atoms with Crippen molar-refractivity contribution >= 4 is 27.5 Å². The van der Waals surface area contributed by atoms with Gasteiger partial charge in [-0.1, -0.05) is 49.9 Å². The van der Waals surface area contributed by atoms with E-state index in [0.717, 1.165) is 0 Å². The van der Waals surface area contributed by atoms with Crippen LogP contribution in [0.15, 0.2) is 53.0 Å². The molecule has 0 spiro atoms. The van der Waals surface area contributed by atoms with Crippen molar-refractivity contribution in [3.8, 4) is 0 Å². The first-order chi connectivity index (χ1) is 12.8. The van der Waals surface area contributed by atoms with E-state index in [1.807, 2.05) is 13.8 Å². The lowest BCUT2D eigenvalue weighted by atomic mass is 10.2. The molecule has 27 heavy (non-hydrogen) atoms. The summed E-state index contributed by atoms with van der Waals surface area (Å²) in [6, 6.07) is 8.23. The van der Waals surface area contributed by atoms with Crippen LogP contribution in [0, 0.1) is 5.92 Å². The van der Waals surface area contributed by atoms with Crippen molar-refractivity contribution < 1.29 is 13.2 Å².